The molecule has 0 amide bonds. The van der Waals surface area contributed by atoms with E-state index in [1.54, 1.807) is 33.5 Å². The van der Waals surface area contributed by atoms with Crippen molar-refractivity contribution in [2.75, 3.05) is 26.2 Å². The number of quaternary nitrogens is 1. The van der Waals surface area contributed by atoms with Crippen molar-refractivity contribution in [3.05, 3.63) is 30.3 Å². The van der Waals surface area contributed by atoms with Gasteiger partial charge >= 0.3 is 0 Å². The lowest BCUT2D eigenvalue weighted by molar-refractivity contribution is -0.930. The average Bonchev–Trinajstić information content (AvgIpc) is 2.56. The minimum atomic E-state index is -3.31. The number of benzene rings is 1. The number of nitrogens with one attached hydrogen (secondary N) is 1. The van der Waals surface area contributed by atoms with Crippen molar-refractivity contribution in [2.45, 2.75) is 43.5 Å². The molecule has 1 saturated heterocycles. The van der Waals surface area contributed by atoms with Crippen LogP contribution in [0, 0.1) is 5.92 Å². The second-order valence-corrected chi connectivity index (χ2v) is 8.78. The summed E-state index contributed by atoms with van der Waals surface area (Å²) < 4.78 is 26.9. The maximum Gasteiger partial charge on any atom is 0.243 e. The topological polar surface area (TPSA) is 41.8 Å². The average molecular weight is 323 g/mol. The lowest BCUT2D eigenvalue weighted by Crippen LogP contribution is -3.18. The third kappa shape index (κ3) is 3.36. The van der Waals surface area contributed by atoms with Crippen LogP contribution in [0.25, 0.3) is 0 Å². The highest BCUT2D eigenvalue weighted by Crippen LogP contribution is 2.22. The number of hydrogen-bond acceptors (Lipinski definition) is 2. The Morgan fingerprint density at radius 3 is 2.41 bits per heavy atom. The summed E-state index contributed by atoms with van der Waals surface area (Å²) in [5, 5.41) is 0. The molecule has 1 aromatic carbocycles. The first kappa shape index (κ1) is 16.0. The molecule has 1 heterocycles. The summed E-state index contributed by atoms with van der Waals surface area (Å²) in [6.07, 6.45) is 5.31. The Hall–Kier alpha value is -0.910. The van der Waals surface area contributed by atoms with Gasteiger partial charge in [-0.1, -0.05) is 31.5 Å². The van der Waals surface area contributed by atoms with Gasteiger partial charge in [-0.2, -0.15) is 4.31 Å². The van der Waals surface area contributed by atoms with E-state index in [0.29, 0.717) is 18.0 Å². The quantitative estimate of drug-likeness (QED) is 0.907. The lowest BCUT2D eigenvalue weighted by atomic mass is 9.86. The fourth-order valence-electron chi connectivity index (χ4n) is 3.97. The summed E-state index contributed by atoms with van der Waals surface area (Å²) in [5.74, 6) is 0.831. The van der Waals surface area contributed by atoms with Gasteiger partial charge in [-0.25, -0.2) is 8.42 Å². The maximum atomic E-state index is 12.6. The van der Waals surface area contributed by atoms with E-state index in [-0.39, 0.29) is 0 Å². The third-order valence-electron chi connectivity index (χ3n) is 5.26. The van der Waals surface area contributed by atoms with Crippen LogP contribution in [-0.4, -0.2) is 44.9 Å². The Morgan fingerprint density at radius 2 is 1.77 bits per heavy atom. The number of hydrogen-bond donors (Lipinski definition) is 1. The number of rotatable bonds is 3. The van der Waals surface area contributed by atoms with Gasteiger partial charge in [0.15, 0.2) is 0 Å². The summed E-state index contributed by atoms with van der Waals surface area (Å²) in [4.78, 5) is 2.04. The molecule has 2 aliphatic rings. The molecule has 1 aromatic rings. The molecule has 0 bridgehead atoms. The first-order valence-corrected chi connectivity index (χ1v) is 9.91. The number of sulfonamides is 1. The van der Waals surface area contributed by atoms with Gasteiger partial charge in [0.2, 0.25) is 10.0 Å². The summed E-state index contributed by atoms with van der Waals surface area (Å²) in [6.45, 7) is 5.55. The van der Waals surface area contributed by atoms with Crippen LogP contribution in [0.3, 0.4) is 0 Å². The fraction of sp³-hybridized carbons (Fsp3) is 0.647. The van der Waals surface area contributed by atoms with Gasteiger partial charge in [-0.15, -0.1) is 0 Å². The van der Waals surface area contributed by atoms with Crippen LogP contribution in [0.4, 0.5) is 0 Å². The van der Waals surface area contributed by atoms with Crippen molar-refractivity contribution in [3.8, 4) is 0 Å². The van der Waals surface area contributed by atoms with Crippen molar-refractivity contribution in [2.24, 2.45) is 5.92 Å². The fourth-order valence-corrected chi connectivity index (χ4v) is 5.43. The van der Waals surface area contributed by atoms with Gasteiger partial charge in [-0.3, -0.25) is 0 Å². The number of piperazine rings is 1. The molecule has 2 atom stereocenters. The first-order valence-electron chi connectivity index (χ1n) is 8.47. The Labute approximate surface area is 134 Å². The van der Waals surface area contributed by atoms with E-state index in [2.05, 4.69) is 6.92 Å². The highest BCUT2D eigenvalue weighted by atomic mass is 32.2. The predicted octanol–water partition coefficient (Wildman–Crippen LogP) is 1.15. The molecular formula is C17H27N2O2S+. The maximum absolute atomic E-state index is 12.6. The van der Waals surface area contributed by atoms with E-state index < -0.39 is 10.0 Å². The Kier molecular flexibility index (Phi) is 4.85. The summed E-state index contributed by atoms with van der Waals surface area (Å²) >= 11 is 0. The zero-order valence-corrected chi connectivity index (χ0v) is 14.2. The summed E-state index contributed by atoms with van der Waals surface area (Å²) in [6, 6.07) is 9.56. The van der Waals surface area contributed by atoms with Gasteiger partial charge in [0.25, 0.3) is 0 Å². The first-order chi connectivity index (χ1) is 10.6. The third-order valence-corrected chi connectivity index (χ3v) is 7.17. The van der Waals surface area contributed by atoms with Crippen LogP contribution in [0.15, 0.2) is 35.2 Å². The lowest BCUT2D eigenvalue weighted by Gasteiger charge is -2.38. The molecule has 1 saturated carbocycles. The largest absolute Gasteiger partial charge is 0.330 e. The Morgan fingerprint density at radius 1 is 1.09 bits per heavy atom. The minimum absolute atomic E-state index is 0.421. The second kappa shape index (κ2) is 6.69. The molecular weight excluding hydrogens is 296 g/mol. The second-order valence-electron chi connectivity index (χ2n) is 6.84. The van der Waals surface area contributed by atoms with Crippen LogP contribution in [0.2, 0.25) is 0 Å². The molecule has 0 aromatic heterocycles. The summed E-state index contributed by atoms with van der Waals surface area (Å²) in [7, 11) is -3.31. The van der Waals surface area contributed by atoms with Crippen molar-refractivity contribution in [3.63, 3.8) is 0 Å². The molecule has 4 nitrogen and oxygen atoms in total. The molecule has 2 fully saturated rings. The Balaban J connectivity index is 1.62. The molecule has 0 spiro atoms. The molecule has 122 valence electrons. The van der Waals surface area contributed by atoms with E-state index in [9.17, 15) is 8.42 Å². The molecule has 3 rings (SSSR count). The van der Waals surface area contributed by atoms with Gasteiger partial charge in [0.05, 0.1) is 37.1 Å². The van der Waals surface area contributed by atoms with Gasteiger partial charge < -0.3 is 4.90 Å². The standard InChI is InChI=1S/C17H26N2O2S/c1-15-6-5-7-16(14-15)18-10-12-19(13-11-18)22(20,21)17-8-3-2-4-9-17/h2-4,8-9,15-16H,5-7,10-14H2,1H3/p+1. The van der Waals surface area contributed by atoms with Crippen molar-refractivity contribution in [1.82, 2.24) is 4.31 Å². The van der Waals surface area contributed by atoms with Gasteiger partial charge in [0.1, 0.15) is 0 Å². The molecule has 1 aliphatic heterocycles. The molecule has 5 heteroatoms. The van der Waals surface area contributed by atoms with E-state index in [4.69, 9.17) is 0 Å². The monoisotopic (exact) mass is 323 g/mol. The highest BCUT2D eigenvalue weighted by Gasteiger charge is 2.34. The molecule has 0 radical (unpaired) electrons. The van der Waals surface area contributed by atoms with Crippen LogP contribution >= 0.6 is 0 Å². The van der Waals surface area contributed by atoms with Crippen molar-refractivity contribution >= 4 is 10.0 Å². The zero-order valence-electron chi connectivity index (χ0n) is 13.4. The van der Waals surface area contributed by atoms with Crippen LogP contribution in [0.5, 0.6) is 0 Å². The SMILES string of the molecule is CC1CCCC([NH+]2CCN(S(=O)(=O)c3ccccc3)CC2)C1. The predicted molar refractivity (Wildman–Crippen MR) is 87.3 cm³/mol. The molecule has 2 unspecified atom stereocenters. The van der Waals surface area contributed by atoms with Crippen molar-refractivity contribution in [1.29, 1.82) is 0 Å². The Bertz CT molecular complexity index is 580. The smallest absolute Gasteiger partial charge is 0.243 e. The summed E-state index contributed by atoms with van der Waals surface area (Å²) in [5.41, 5.74) is 0. The zero-order chi connectivity index (χ0) is 15.6. The minimum Gasteiger partial charge on any atom is -0.330 e. The van der Waals surface area contributed by atoms with E-state index >= 15 is 0 Å². The van der Waals surface area contributed by atoms with E-state index in [1.165, 1.54) is 25.7 Å². The van der Waals surface area contributed by atoms with E-state index in [1.807, 2.05) is 6.07 Å². The van der Waals surface area contributed by atoms with Gasteiger partial charge in [0, 0.05) is 6.42 Å². The van der Waals surface area contributed by atoms with Crippen LogP contribution in [0.1, 0.15) is 32.6 Å². The van der Waals surface area contributed by atoms with Crippen molar-refractivity contribution < 1.29 is 13.3 Å². The molecule has 1 aliphatic carbocycles. The van der Waals surface area contributed by atoms with E-state index in [0.717, 1.165) is 25.0 Å². The normalized spacial score (nSPS) is 28.6. The molecule has 22 heavy (non-hydrogen) atoms. The number of nitrogens with zero attached hydrogens (tertiary/aromatic N) is 1. The molecule has 1 N–H and O–H groups in total. The van der Waals surface area contributed by atoms with Crippen LogP contribution in [-0.2, 0) is 10.0 Å². The highest BCUT2D eigenvalue weighted by molar-refractivity contribution is 7.89. The van der Waals surface area contributed by atoms with Gasteiger partial charge in [-0.05, 0) is 30.9 Å². The van der Waals surface area contributed by atoms with Crippen LogP contribution < -0.4 is 4.90 Å².